The van der Waals surface area contributed by atoms with Crippen molar-refractivity contribution in [3.63, 3.8) is 0 Å². The second-order valence-electron chi connectivity index (χ2n) is 6.24. The number of aromatic nitrogens is 3. The Morgan fingerprint density at radius 2 is 2.21 bits per heavy atom. The molecule has 4 heterocycles. The van der Waals surface area contributed by atoms with Gasteiger partial charge in [0.1, 0.15) is 0 Å². The zero-order valence-electron chi connectivity index (χ0n) is 13.2. The van der Waals surface area contributed by atoms with Crippen LogP contribution in [0.3, 0.4) is 0 Å². The summed E-state index contributed by atoms with van der Waals surface area (Å²) in [7, 11) is 0. The van der Waals surface area contributed by atoms with Crippen molar-refractivity contribution < 1.29 is 9.53 Å². The molecule has 0 aromatic carbocycles. The normalized spacial score (nSPS) is 21.7. The number of hydrogen-bond acceptors (Lipinski definition) is 6. The minimum Gasteiger partial charge on any atom is -0.371 e. The zero-order chi connectivity index (χ0) is 16.4. The van der Waals surface area contributed by atoms with Crippen molar-refractivity contribution in [2.24, 2.45) is 0 Å². The number of pyridine rings is 1. The summed E-state index contributed by atoms with van der Waals surface area (Å²) in [4.78, 5) is 18.5. The molecule has 2 aromatic heterocycles. The van der Waals surface area contributed by atoms with Crippen LogP contribution in [0.4, 0.5) is 0 Å². The van der Waals surface area contributed by atoms with Gasteiger partial charge in [0.25, 0.3) is 5.91 Å². The van der Waals surface area contributed by atoms with Gasteiger partial charge in [0.05, 0.1) is 41.1 Å². The van der Waals surface area contributed by atoms with Crippen LogP contribution in [0, 0.1) is 0 Å². The van der Waals surface area contributed by atoms with Gasteiger partial charge in [-0.2, -0.15) is 10.2 Å². The molecule has 0 radical (unpaired) electrons. The van der Waals surface area contributed by atoms with Crippen LogP contribution in [0.2, 0.25) is 0 Å². The Labute approximate surface area is 144 Å². The van der Waals surface area contributed by atoms with Crippen molar-refractivity contribution in [3.8, 4) is 0 Å². The van der Waals surface area contributed by atoms with Gasteiger partial charge in [0, 0.05) is 25.0 Å². The van der Waals surface area contributed by atoms with E-state index in [-0.39, 0.29) is 16.8 Å². The van der Waals surface area contributed by atoms with E-state index in [9.17, 15) is 4.79 Å². The largest absolute Gasteiger partial charge is 0.371 e. The lowest BCUT2D eigenvalue weighted by Gasteiger charge is -2.47. The first-order valence-corrected chi connectivity index (χ1v) is 8.94. The van der Waals surface area contributed by atoms with Gasteiger partial charge in [0.2, 0.25) is 0 Å². The lowest BCUT2D eigenvalue weighted by atomic mass is 9.92. The maximum Gasteiger partial charge on any atom is 0.255 e. The Hall–Kier alpha value is -1.99. The highest BCUT2D eigenvalue weighted by atomic mass is 32.2. The SMILES string of the molecule is O=C(c1ccnnc1)N1CC2(C[C@H](OCc3ccccn3)CS2)C1. The summed E-state index contributed by atoms with van der Waals surface area (Å²) < 4.78 is 6.15. The zero-order valence-corrected chi connectivity index (χ0v) is 14.0. The van der Waals surface area contributed by atoms with Gasteiger partial charge < -0.3 is 9.64 Å². The van der Waals surface area contributed by atoms with E-state index >= 15 is 0 Å². The first-order valence-electron chi connectivity index (χ1n) is 7.96. The van der Waals surface area contributed by atoms with Crippen molar-refractivity contribution >= 4 is 17.7 Å². The number of nitrogens with zero attached hydrogens (tertiary/aromatic N) is 4. The minimum atomic E-state index is 0.0361. The molecule has 6 nitrogen and oxygen atoms in total. The summed E-state index contributed by atoms with van der Waals surface area (Å²) >= 11 is 1.92. The third-order valence-electron chi connectivity index (χ3n) is 4.44. The van der Waals surface area contributed by atoms with E-state index in [1.54, 1.807) is 18.5 Å². The van der Waals surface area contributed by atoms with Gasteiger partial charge in [-0.15, -0.1) is 11.8 Å². The molecule has 2 aliphatic heterocycles. The van der Waals surface area contributed by atoms with E-state index in [4.69, 9.17) is 4.74 Å². The average molecular weight is 342 g/mol. The van der Waals surface area contributed by atoms with E-state index in [1.165, 1.54) is 6.20 Å². The fourth-order valence-corrected chi connectivity index (χ4v) is 4.76. The molecular formula is C17H18N4O2S. The summed E-state index contributed by atoms with van der Waals surface area (Å²) in [6.45, 7) is 2.11. The average Bonchev–Trinajstić information content (AvgIpc) is 3.04. The quantitative estimate of drug-likeness (QED) is 0.844. The molecular weight excluding hydrogens is 324 g/mol. The van der Waals surface area contributed by atoms with Crippen LogP contribution in [-0.4, -0.2) is 55.7 Å². The van der Waals surface area contributed by atoms with E-state index < -0.39 is 0 Å². The molecule has 0 N–H and O–H groups in total. The summed E-state index contributed by atoms with van der Waals surface area (Å²) in [5.41, 5.74) is 1.56. The van der Waals surface area contributed by atoms with Gasteiger partial charge in [-0.25, -0.2) is 0 Å². The number of carbonyl (C=O) groups excluding carboxylic acids is 1. The van der Waals surface area contributed by atoms with E-state index in [0.717, 1.165) is 31.0 Å². The lowest BCUT2D eigenvalue weighted by Crippen LogP contribution is -2.60. The monoisotopic (exact) mass is 342 g/mol. The topological polar surface area (TPSA) is 68.2 Å². The number of thioether (sulfide) groups is 1. The molecule has 0 saturated carbocycles. The highest BCUT2D eigenvalue weighted by Gasteiger charge is 2.51. The lowest BCUT2D eigenvalue weighted by molar-refractivity contribution is 0.0245. The summed E-state index contributed by atoms with van der Waals surface area (Å²) in [5, 5.41) is 7.48. The van der Waals surface area contributed by atoms with E-state index in [1.807, 2.05) is 34.9 Å². The Morgan fingerprint density at radius 1 is 1.29 bits per heavy atom. The van der Waals surface area contributed by atoms with Gasteiger partial charge in [-0.3, -0.25) is 9.78 Å². The predicted molar refractivity (Wildman–Crippen MR) is 90.6 cm³/mol. The fourth-order valence-electron chi connectivity index (χ4n) is 3.21. The van der Waals surface area contributed by atoms with Crippen LogP contribution in [0.1, 0.15) is 22.5 Å². The van der Waals surface area contributed by atoms with Gasteiger partial charge in [-0.1, -0.05) is 6.07 Å². The van der Waals surface area contributed by atoms with E-state index in [2.05, 4.69) is 15.2 Å². The number of amides is 1. The van der Waals surface area contributed by atoms with Crippen LogP contribution in [0.25, 0.3) is 0 Å². The number of hydrogen-bond donors (Lipinski definition) is 0. The molecule has 2 aromatic rings. The van der Waals surface area contributed by atoms with Crippen molar-refractivity contribution in [2.45, 2.75) is 23.9 Å². The fraction of sp³-hybridized carbons (Fsp3) is 0.412. The number of carbonyl (C=O) groups is 1. The Balaban J connectivity index is 1.28. The Kier molecular flexibility index (Phi) is 4.20. The first-order chi connectivity index (χ1) is 11.7. The summed E-state index contributed by atoms with van der Waals surface area (Å²) in [6.07, 6.45) is 6.08. The van der Waals surface area contributed by atoms with Crippen molar-refractivity contribution in [2.75, 3.05) is 18.8 Å². The molecule has 2 saturated heterocycles. The second kappa shape index (κ2) is 6.49. The van der Waals surface area contributed by atoms with Crippen LogP contribution < -0.4 is 0 Å². The van der Waals surface area contributed by atoms with Gasteiger partial charge >= 0.3 is 0 Å². The van der Waals surface area contributed by atoms with Gasteiger partial charge in [0.15, 0.2) is 0 Å². The van der Waals surface area contributed by atoms with Crippen LogP contribution >= 0.6 is 11.8 Å². The summed E-state index contributed by atoms with van der Waals surface area (Å²) in [5.74, 6) is 1.01. The molecule has 0 bridgehead atoms. The Morgan fingerprint density at radius 3 is 2.96 bits per heavy atom. The maximum atomic E-state index is 12.4. The molecule has 1 spiro atoms. The Bertz CT molecular complexity index is 707. The molecule has 1 amide bonds. The second-order valence-corrected chi connectivity index (χ2v) is 7.73. The molecule has 0 aliphatic carbocycles. The highest BCUT2D eigenvalue weighted by molar-refractivity contribution is 8.01. The van der Waals surface area contributed by atoms with Crippen LogP contribution in [0.5, 0.6) is 0 Å². The molecule has 4 rings (SSSR count). The molecule has 24 heavy (non-hydrogen) atoms. The molecule has 7 heteroatoms. The van der Waals surface area contributed by atoms with Crippen molar-refractivity contribution in [1.82, 2.24) is 20.1 Å². The number of likely N-dealkylation sites (tertiary alicyclic amines) is 1. The standard InChI is InChI=1S/C17H18N4O2S/c22-16(13-4-6-19-20-8-13)21-11-17(12-21)7-15(10-24-17)23-9-14-3-1-2-5-18-14/h1-6,8,15H,7,9-12H2/t15-/m0/s1. The molecule has 0 unspecified atom stereocenters. The highest BCUT2D eigenvalue weighted by Crippen LogP contribution is 2.46. The van der Waals surface area contributed by atoms with Crippen molar-refractivity contribution in [1.29, 1.82) is 0 Å². The minimum absolute atomic E-state index is 0.0361. The van der Waals surface area contributed by atoms with Crippen LogP contribution in [0.15, 0.2) is 42.9 Å². The molecule has 2 fully saturated rings. The number of rotatable bonds is 4. The molecule has 124 valence electrons. The van der Waals surface area contributed by atoms with Crippen molar-refractivity contribution in [3.05, 3.63) is 54.1 Å². The molecule has 2 aliphatic rings. The third kappa shape index (κ3) is 3.14. The third-order valence-corrected chi connectivity index (χ3v) is 6.02. The maximum absolute atomic E-state index is 12.4. The van der Waals surface area contributed by atoms with Gasteiger partial charge in [-0.05, 0) is 24.6 Å². The van der Waals surface area contributed by atoms with Crippen LogP contribution in [-0.2, 0) is 11.3 Å². The summed E-state index contributed by atoms with van der Waals surface area (Å²) in [6, 6.07) is 7.56. The first kappa shape index (κ1) is 15.5. The predicted octanol–water partition coefficient (Wildman–Crippen LogP) is 1.79. The number of ether oxygens (including phenoxy) is 1. The smallest absolute Gasteiger partial charge is 0.255 e. The molecule has 1 atom stereocenters. The van der Waals surface area contributed by atoms with E-state index in [0.29, 0.717) is 12.2 Å².